The molecule has 2 aliphatic heterocycles. The van der Waals surface area contributed by atoms with Crippen molar-refractivity contribution in [2.24, 2.45) is 5.73 Å². The summed E-state index contributed by atoms with van der Waals surface area (Å²) in [5.74, 6) is 1.68. The van der Waals surface area contributed by atoms with E-state index in [2.05, 4.69) is 24.8 Å². The molecular weight excluding hydrogens is 484 g/mol. The van der Waals surface area contributed by atoms with E-state index in [1.54, 1.807) is 30.5 Å². The van der Waals surface area contributed by atoms with Crippen LogP contribution >= 0.6 is 0 Å². The molecule has 0 bridgehead atoms. The number of aromatic nitrogens is 4. The molecule has 4 aromatic rings. The van der Waals surface area contributed by atoms with E-state index in [0.29, 0.717) is 67.8 Å². The lowest BCUT2D eigenvalue weighted by atomic mass is 10.1. The number of hydrogen-bond acceptors (Lipinski definition) is 8. The van der Waals surface area contributed by atoms with Crippen LogP contribution in [-0.4, -0.2) is 89.1 Å². The van der Waals surface area contributed by atoms with Crippen molar-refractivity contribution in [2.75, 3.05) is 62.3 Å². The minimum Gasteiger partial charge on any atom is -0.378 e. The molecule has 3 N–H and O–H groups in total. The normalized spacial score (nSPS) is 16.2. The molecule has 194 valence electrons. The maximum Gasteiger partial charge on any atom is 0.253 e. The Labute approximate surface area is 219 Å². The quantitative estimate of drug-likeness (QED) is 0.414. The summed E-state index contributed by atoms with van der Waals surface area (Å²) in [6.45, 7) is 5.56. The van der Waals surface area contributed by atoms with Gasteiger partial charge in [-0.2, -0.15) is 4.98 Å². The SMILES string of the molecule is NC(=O)c1cccc2[nH]c(-c3ccc(C(=O)N4CCN(c5nccc(N6CCOCC6)n5)CC4)cc3)nc12. The minimum absolute atomic E-state index is 0.0141. The maximum absolute atomic E-state index is 13.2. The number of ether oxygens (including phenoxy) is 1. The molecule has 2 amide bonds. The van der Waals surface area contributed by atoms with E-state index < -0.39 is 5.91 Å². The summed E-state index contributed by atoms with van der Waals surface area (Å²) in [5.41, 5.74) is 8.54. The Morgan fingerprint density at radius 1 is 0.868 bits per heavy atom. The minimum atomic E-state index is -0.522. The van der Waals surface area contributed by atoms with Crippen LogP contribution in [0.3, 0.4) is 0 Å². The Hall–Kier alpha value is -4.51. The Balaban J connectivity index is 1.11. The van der Waals surface area contributed by atoms with Gasteiger partial charge in [0.2, 0.25) is 5.95 Å². The van der Waals surface area contributed by atoms with E-state index in [-0.39, 0.29) is 5.91 Å². The van der Waals surface area contributed by atoms with Crippen LogP contribution in [0.2, 0.25) is 0 Å². The van der Waals surface area contributed by atoms with E-state index in [1.165, 1.54) is 0 Å². The van der Waals surface area contributed by atoms with Crippen molar-refractivity contribution in [3.8, 4) is 11.4 Å². The number of aromatic amines is 1. The van der Waals surface area contributed by atoms with Gasteiger partial charge in [-0.1, -0.05) is 18.2 Å². The third kappa shape index (κ3) is 4.63. The van der Waals surface area contributed by atoms with Gasteiger partial charge in [0.1, 0.15) is 17.2 Å². The molecule has 2 aliphatic rings. The molecule has 6 rings (SSSR count). The number of amides is 2. The number of morpholine rings is 1. The zero-order valence-electron chi connectivity index (χ0n) is 20.8. The Morgan fingerprint density at radius 2 is 1.63 bits per heavy atom. The molecule has 0 radical (unpaired) electrons. The van der Waals surface area contributed by atoms with Crippen LogP contribution in [-0.2, 0) is 4.74 Å². The number of para-hydroxylation sites is 1. The standard InChI is InChI=1S/C27H28N8O3/c28-24(36)20-2-1-3-21-23(20)32-25(30-21)18-4-6-19(7-5-18)26(37)34-10-12-35(13-11-34)27-29-9-8-22(31-27)33-14-16-38-17-15-33/h1-9H,10-17H2,(H2,28,36)(H,30,32). The lowest BCUT2D eigenvalue weighted by molar-refractivity contribution is 0.0746. The topological polar surface area (TPSA) is 134 Å². The summed E-state index contributed by atoms with van der Waals surface area (Å²) in [6, 6.07) is 14.5. The number of nitrogens with one attached hydrogen (secondary N) is 1. The number of fused-ring (bicyclic) bond motifs is 1. The molecule has 4 heterocycles. The lowest BCUT2D eigenvalue weighted by Crippen LogP contribution is -2.49. The van der Waals surface area contributed by atoms with Crippen LogP contribution in [0.25, 0.3) is 22.4 Å². The fourth-order valence-corrected chi connectivity index (χ4v) is 4.89. The van der Waals surface area contributed by atoms with Crippen molar-refractivity contribution in [3.63, 3.8) is 0 Å². The second-order valence-corrected chi connectivity index (χ2v) is 9.32. The van der Waals surface area contributed by atoms with Gasteiger partial charge in [0.05, 0.1) is 24.3 Å². The Bertz CT molecular complexity index is 1470. The predicted molar refractivity (Wildman–Crippen MR) is 143 cm³/mol. The molecule has 2 saturated heterocycles. The van der Waals surface area contributed by atoms with E-state index in [0.717, 1.165) is 30.0 Å². The predicted octanol–water partition coefficient (Wildman–Crippen LogP) is 1.92. The number of carbonyl (C=O) groups is 2. The third-order valence-corrected chi connectivity index (χ3v) is 7.00. The highest BCUT2D eigenvalue weighted by molar-refractivity contribution is 6.04. The van der Waals surface area contributed by atoms with Gasteiger partial charge in [0.25, 0.3) is 11.8 Å². The lowest BCUT2D eigenvalue weighted by Gasteiger charge is -2.35. The average molecular weight is 513 g/mol. The first-order chi connectivity index (χ1) is 18.6. The average Bonchev–Trinajstić information content (AvgIpc) is 3.42. The third-order valence-electron chi connectivity index (χ3n) is 7.00. The van der Waals surface area contributed by atoms with Crippen molar-refractivity contribution >= 4 is 34.6 Å². The fraction of sp³-hybridized carbons (Fsp3) is 0.296. The number of primary amides is 1. The largest absolute Gasteiger partial charge is 0.378 e. The molecule has 0 atom stereocenters. The first-order valence-corrected chi connectivity index (χ1v) is 12.7. The van der Waals surface area contributed by atoms with Crippen LogP contribution in [0, 0.1) is 0 Å². The van der Waals surface area contributed by atoms with E-state index in [4.69, 9.17) is 15.5 Å². The highest BCUT2D eigenvalue weighted by Crippen LogP contribution is 2.24. The van der Waals surface area contributed by atoms with Gasteiger partial charge in [-0.15, -0.1) is 0 Å². The monoisotopic (exact) mass is 512 g/mol. The Kier molecular flexibility index (Phi) is 6.34. The zero-order chi connectivity index (χ0) is 26.1. The van der Waals surface area contributed by atoms with E-state index in [1.807, 2.05) is 29.2 Å². The van der Waals surface area contributed by atoms with Gasteiger partial charge in [0, 0.05) is 56.6 Å². The summed E-state index contributed by atoms with van der Waals surface area (Å²) in [4.78, 5) is 48.1. The molecular formula is C27H28N8O3. The first-order valence-electron chi connectivity index (χ1n) is 12.7. The van der Waals surface area contributed by atoms with Crippen LogP contribution in [0.5, 0.6) is 0 Å². The highest BCUT2D eigenvalue weighted by Gasteiger charge is 2.24. The van der Waals surface area contributed by atoms with Gasteiger partial charge in [-0.25, -0.2) is 9.97 Å². The number of hydrogen-bond donors (Lipinski definition) is 2. The number of carbonyl (C=O) groups excluding carboxylic acids is 2. The van der Waals surface area contributed by atoms with Crippen molar-refractivity contribution in [1.29, 1.82) is 0 Å². The molecule has 0 aliphatic carbocycles. The second kappa shape index (κ2) is 10.1. The highest BCUT2D eigenvalue weighted by atomic mass is 16.5. The van der Waals surface area contributed by atoms with Gasteiger partial charge >= 0.3 is 0 Å². The molecule has 2 aromatic heterocycles. The molecule has 0 unspecified atom stereocenters. The van der Waals surface area contributed by atoms with Crippen molar-refractivity contribution in [1.82, 2.24) is 24.8 Å². The number of imidazole rings is 1. The number of nitrogens with two attached hydrogens (primary N) is 1. The number of piperazine rings is 1. The number of H-pyrrole nitrogens is 1. The van der Waals surface area contributed by atoms with Crippen LogP contribution in [0.4, 0.5) is 11.8 Å². The summed E-state index contributed by atoms with van der Waals surface area (Å²) >= 11 is 0. The summed E-state index contributed by atoms with van der Waals surface area (Å²) in [7, 11) is 0. The molecule has 2 aromatic carbocycles. The maximum atomic E-state index is 13.2. The van der Waals surface area contributed by atoms with E-state index >= 15 is 0 Å². The van der Waals surface area contributed by atoms with E-state index in [9.17, 15) is 9.59 Å². The van der Waals surface area contributed by atoms with Gasteiger partial charge in [-0.3, -0.25) is 9.59 Å². The summed E-state index contributed by atoms with van der Waals surface area (Å²) in [6.07, 6.45) is 1.79. The summed E-state index contributed by atoms with van der Waals surface area (Å²) in [5, 5.41) is 0. The molecule has 0 saturated carbocycles. The van der Waals surface area contributed by atoms with Crippen molar-refractivity contribution in [3.05, 3.63) is 65.9 Å². The molecule has 2 fully saturated rings. The number of nitrogens with zero attached hydrogens (tertiary/aromatic N) is 6. The van der Waals surface area contributed by atoms with Gasteiger partial charge in [-0.05, 0) is 30.3 Å². The summed E-state index contributed by atoms with van der Waals surface area (Å²) < 4.78 is 5.44. The van der Waals surface area contributed by atoms with Crippen molar-refractivity contribution < 1.29 is 14.3 Å². The first kappa shape index (κ1) is 23.9. The smallest absolute Gasteiger partial charge is 0.253 e. The molecule has 11 heteroatoms. The Morgan fingerprint density at radius 3 is 2.37 bits per heavy atom. The van der Waals surface area contributed by atoms with Crippen LogP contribution in [0.15, 0.2) is 54.7 Å². The van der Waals surface area contributed by atoms with Gasteiger partial charge < -0.3 is 30.2 Å². The molecule has 11 nitrogen and oxygen atoms in total. The number of benzene rings is 2. The van der Waals surface area contributed by atoms with Crippen LogP contribution in [0.1, 0.15) is 20.7 Å². The number of anilines is 2. The van der Waals surface area contributed by atoms with Gasteiger partial charge in [0.15, 0.2) is 0 Å². The van der Waals surface area contributed by atoms with Crippen LogP contribution < -0.4 is 15.5 Å². The fourth-order valence-electron chi connectivity index (χ4n) is 4.89. The number of rotatable bonds is 5. The molecule has 38 heavy (non-hydrogen) atoms. The molecule has 0 spiro atoms. The second-order valence-electron chi connectivity index (χ2n) is 9.32. The zero-order valence-corrected chi connectivity index (χ0v) is 20.8. The van der Waals surface area contributed by atoms with Crippen molar-refractivity contribution in [2.45, 2.75) is 0 Å².